The maximum absolute atomic E-state index is 11.4. The van der Waals surface area contributed by atoms with E-state index in [2.05, 4.69) is 0 Å². The van der Waals surface area contributed by atoms with Crippen LogP contribution in [0.25, 0.3) is 0 Å². The standard InChI is InChI=1S/C16H20O3/c1-12(17)14-6-8-15(9-7-14)16(19-13(2)18)10-4-3-5-11-16/h6-9H,3-5,10-11H2,1-2H3. The predicted molar refractivity (Wildman–Crippen MR) is 73.0 cm³/mol. The number of benzene rings is 1. The second-order valence-electron chi connectivity index (χ2n) is 5.28. The minimum absolute atomic E-state index is 0.0525. The lowest BCUT2D eigenvalue weighted by Gasteiger charge is -2.37. The highest BCUT2D eigenvalue weighted by Crippen LogP contribution is 2.40. The van der Waals surface area contributed by atoms with E-state index < -0.39 is 5.60 Å². The van der Waals surface area contributed by atoms with Crippen molar-refractivity contribution in [1.82, 2.24) is 0 Å². The van der Waals surface area contributed by atoms with E-state index in [-0.39, 0.29) is 11.8 Å². The van der Waals surface area contributed by atoms with Crippen molar-refractivity contribution < 1.29 is 14.3 Å². The van der Waals surface area contributed by atoms with Gasteiger partial charge >= 0.3 is 5.97 Å². The smallest absolute Gasteiger partial charge is 0.303 e. The number of Topliss-reactive ketones (excluding diaryl/α,β-unsaturated/α-hetero) is 1. The number of hydrogen-bond acceptors (Lipinski definition) is 3. The summed E-state index contributed by atoms with van der Waals surface area (Å²) in [7, 11) is 0. The highest BCUT2D eigenvalue weighted by molar-refractivity contribution is 5.94. The molecule has 1 fully saturated rings. The van der Waals surface area contributed by atoms with Crippen molar-refractivity contribution in [2.24, 2.45) is 0 Å². The molecule has 3 nitrogen and oxygen atoms in total. The summed E-state index contributed by atoms with van der Waals surface area (Å²) in [6, 6.07) is 7.48. The van der Waals surface area contributed by atoms with Crippen LogP contribution in [0.1, 0.15) is 61.9 Å². The Hall–Kier alpha value is -1.64. The van der Waals surface area contributed by atoms with E-state index in [1.807, 2.05) is 24.3 Å². The first-order chi connectivity index (χ1) is 9.03. The van der Waals surface area contributed by atoms with Crippen LogP contribution in [0.4, 0.5) is 0 Å². The topological polar surface area (TPSA) is 43.4 Å². The Morgan fingerprint density at radius 1 is 1.00 bits per heavy atom. The Morgan fingerprint density at radius 2 is 1.58 bits per heavy atom. The summed E-state index contributed by atoms with van der Waals surface area (Å²) >= 11 is 0. The maximum atomic E-state index is 11.4. The van der Waals surface area contributed by atoms with E-state index in [0.29, 0.717) is 5.56 Å². The molecule has 0 heterocycles. The summed E-state index contributed by atoms with van der Waals surface area (Å²) in [6.07, 6.45) is 5.07. The lowest BCUT2D eigenvalue weighted by Crippen LogP contribution is -2.34. The molecule has 0 atom stereocenters. The molecule has 0 saturated heterocycles. The normalized spacial score (nSPS) is 17.8. The summed E-state index contributed by atoms with van der Waals surface area (Å²) in [5.41, 5.74) is 1.21. The molecule has 2 rings (SSSR count). The zero-order valence-corrected chi connectivity index (χ0v) is 11.6. The van der Waals surface area contributed by atoms with Crippen molar-refractivity contribution in [2.75, 3.05) is 0 Å². The third-order valence-corrected chi connectivity index (χ3v) is 3.82. The fraction of sp³-hybridized carbons (Fsp3) is 0.500. The van der Waals surface area contributed by atoms with Crippen LogP contribution in [-0.4, -0.2) is 11.8 Å². The average molecular weight is 260 g/mol. The Bertz CT molecular complexity index is 467. The first kappa shape index (κ1) is 13.8. The van der Waals surface area contributed by atoms with Gasteiger partial charge < -0.3 is 4.74 Å². The van der Waals surface area contributed by atoms with Crippen molar-refractivity contribution in [3.8, 4) is 0 Å². The summed E-state index contributed by atoms with van der Waals surface area (Å²) in [5, 5.41) is 0. The van der Waals surface area contributed by atoms with Crippen molar-refractivity contribution in [2.45, 2.75) is 51.6 Å². The highest BCUT2D eigenvalue weighted by Gasteiger charge is 2.36. The van der Waals surface area contributed by atoms with Crippen LogP contribution in [-0.2, 0) is 15.1 Å². The SMILES string of the molecule is CC(=O)OC1(c2ccc(C(C)=O)cc2)CCCCC1. The van der Waals surface area contributed by atoms with Crippen molar-refractivity contribution in [3.05, 3.63) is 35.4 Å². The lowest BCUT2D eigenvalue weighted by molar-refractivity contribution is -0.162. The molecule has 19 heavy (non-hydrogen) atoms. The molecule has 0 amide bonds. The molecule has 0 unspecified atom stereocenters. The molecule has 0 N–H and O–H groups in total. The third-order valence-electron chi connectivity index (χ3n) is 3.82. The average Bonchev–Trinajstić information content (AvgIpc) is 2.39. The Labute approximate surface area is 114 Å². The van der Waals surface area contributed by atoms with E-state index in [1.54, 1.807) is 6.92 Å². The number of carbonyl (C=O) groups excluding carboxylic acids is 2. The monoisotopic (exact) mass is 260 g/mol. The van der Waals surface area contributed by atoms with Crippen molar-refractivity contribution in [1.29, 1.82) is 0 Å². The number of hydrogen-bond donors (Lipinski definition) is 0. The molecule has 3 heteroatoms. The van der Waals surface area contributed by atoms with Gasteiger partial charge in [0.1, 0.15) is 5.60 Å². The van der Waals surface area contributed by atoms with Gasteiger partial charge in [-0.05, 0) is 38.2 Å². The Morgan fingerprint density at radius 3 is 2.05 bits per heavy atom. The number of esters is 1. The van der Waals surface area contributed by atoms with Crippen LogP contribution in [0.3, 0.4) is 0 Å². The summed E-state index contributed by atoms with van der Waals surface area (Å²) in [4.78, 5) is 22.7. The number of rotatable bonds is 3. The van der Waals surface area contributed by atoms with Gasteiger partial charge in [0.25, 0.3) is 0 Å². The van der Waals surface area contributed by atoms with Gasteiger partial charge in [0.15, 0.2) is 5.78 Å². The van der Waals surface area contributed by atoms with Crippen LogP contribution in [0.15, 0.2) is 24.3 Å². The Kier molecular flexibility index (Phi) is 4.03. The number of ether oxygens (including phenoxy) is 1. The van der Waals surface area contributed by atoms with Crippen LogP contribution < -0.4 is 0 Å². The zero-order valence-electron chi connectivity index (χ0n) is 11.6. The quantitative estimate of drug-likeness (QED) is 0.616. The molecule has 0 spiro atoms. The molecule has 0 bridgehead atoms. The molecule has 0 radical (unpaired) electrons. The van der Waals surface area contributed by atoms with Gasteiger partial charge in [0.05, 0.1) is 0 Å². The molecule has 0 aliphatic heterocycles. The molecular weight excluding hydrogens is 240 g/mol. The van der Waals surface area contributed by atoms with Gasteiger partial charge in [-0.15, -0.1) is 0 Å². The third kappa shape index (κ3) is 3.03. The number of carbonyl (C=O) groups is 2. The van der Waals surface area contributed by atoms with Crippen LogP contribution >= 0.6 is 0 Å². The maximum Gasteiger partial charge on any atom is 0.303 e. The fourth-order valence-corrected chi connectivity index (χ4v) is 2.86. The molecule has 1 aliphatic rings. The van der Waals surface area contributed by atoms with Crippen molar-refractivity contribution >= 4 is 11.8 Å². The van der Waals surface area contributed by atoms with Crippen LogP contribution in [0.5, 0.6) is 0 Å². The first-order valence-electron chi connectivity index (χ1n) is 6.84. The van der Waals surface area contributed by atoms with E-state index in [4.69, 9.17) is 4.74 Å². The minimum Gasteiger partial charge on any atom is -0.454 e. The fourth-order valence-electron chi connectivity index (χ4n) is 2.86. The molecule has 102 valence electrons. The molecular formula is C16H20O3. The Balaban J connectivity index is 2.32. The summed E-state index contributed by atoms with van der Waals surface area (Å²) in [5.74, 6) is -0.186. The van der Waals surface area contributed by atoms with Gasteiger partial charge in [0.2, 0.25) is 0 Å². The van der Waals surface area contributed by atoms with Crippen LogP contribution in [0, 0.1) is 0 Å². The molecule has 1 aromatic carbocycles. The lowest BCUT2D eigenvalue weighted by atomic mass is 9.79. The molecule has 1 aromatic rings. The van der Waals surface area contributed by atoms with Gasteiger partial charge in [-0.3, -0.25) is 9.59 Å². The predicted octanol–water partition coefficient (Wildman–Crippen LogP) is 3.61. The van der Waals surface area contributed by atoms with Gasteiger partial charge in [-0.1, -0.05) is 30.7 Å². The molecule has 1 aliphatic carbocycles. The second kappa shape index (κ2) is 5.55. The molecule has 0 aromatic heterocycles. The minimum atomic E-state index is -0.487. The van der Waals surface area contributed by atoms with Gasteiger partial charge in [-0.2, -0.15) is 0 Å². The zero-order chi connectivity index (χ0) is 13.9. The number of ketones is 1. The summed E-state index contributed by atoms with van der Waals surface area (Å²) < 4.78 is 5.64. The highest BCUT2D eigenvalue weighted by atomic mass is 16.6. The van der Waals surface area contributed by atoms with E-state index in [0.717, 1.165) is 31.2 Å². The first-order valence-corrected chi connectivity index (χ1v) is 6.84. The second-order valence-corrected chi connectivity index (χ2v) is 5.28. The molecule has 1 saturated carbocycles. The van der Waals surface area contributed by atoms with Gasteiger partial charge in [-0.25, -0.2) is 0 Å². The van der Waals surface area contributed by atoms with Crippen LogP contribution in [0.2, 0.25) is 0 Å². The largest absolute Gasteiger partial charge is 0.454 e. The summed E-state index contributed by atoms with van der Waals surface area (Å²) in [6.45, 7) is 3.01. The van der Waals surface area contributed by atoms with Crippen molar-refractivity contribution in [3.63, 3.8) is 0 Å². The van der Waals surface area contributed by atoms with Gasteiger partial charge in [0, 0.05) is 12.5 Å². The van der Waals surface area contributed by atoms with E-state index >= 15 is 0 Å². The van der Waals surface area contributed by atoms with E-state index in [1.165, 1.54) is 13.3 Å². The van der Waals surface area contributed by atoms with E-state index in [9.17, 15) is 9.59 Å².